The number of aliphatic hydroxyl groups excluding tert-OH is 3. The third-order valence-corrected chi connectivity index (χ3v) is 2.23. The Morgan fingerprint density at radius 3 is 2.25 bits per heavy atom. The molecule has 0 radical (unpaired) electrons. The second kappa shape index (κ2) is 3.38. The number of carbonyl (C=O) groups is 1. The van der Waals surface area contributed by atoms with Gasteiger partial charge < -0.3 is 25.2 Å². The average molecular weight is 175 g/mol. The van der Waals surface area contributed by atoms with E-state index in [4.69, 9.17) is 15.3 Å². The van der Waals surface area contributed by atoms with Crippen molar-refractivity contribution in [2.45, 2.75) is 31.2 Å². The Balaban J connectivity index is 2.65. The standard InChI is InChI=1S/C7H12O5/c8-4-2-1-3(7(11)12)5(9)6(4)10/h3-6,8-10H,1-2H2,(H,11,12)/p-1/t3?,4?,5-,6+/m1/s1. The van der Waals surface area contributed by atoms with Gasteiger partial charge in [0.05, 0.1) is 12.2 Å². The normalized spacial score (nSPS) is 42.6. The van der Waals surface area contributed by atoms with Crippen LogP contribution in [0, 0.1) is 5.92 Å². The molecule has 0 saturated heterocycles. The Morgan fingerprint density at radius 1 is 1.17 bits per heavy atom. The molecule has 0 amide bonds. The lowest BCUT2D eigenvalue weighted by atomic mass is 9.83. The van der Waals surface area contributed by atoms with Crippen molar-refractivity contribution < 1.29 is 25.2 Å². The van der Waals surface area contributed by atoms with E-state index in [1.807, 2.05) is 0 Å². The van der Waals surface area contributed by atoms with Gasteiger partial charge in [-0.15, -0.1) is 0 Å². The summed E-state index contributed by atoms with van der Waals surface area (Å²) in [6, 6.07) is 0. The van der Waals surface area contributed by atoms with E-state index < -0.39 is 30.2 Å². The van der Waals surface area contributed by atoms with Crippen LogP contribution in [0.5, 0.6) is 0 Å². The lowest BCUT2D eigenvalue weighted by Gasteiger charge is -2.35. The summed E-state index contributed by atoms with van der Waals surface area (Å²) in [4.78, 5) is 10.4. The molecule has 1 rings (SSSR count). The minimum Gasteiger partial charge on any atom is -0.550 e. The third-order valence-electron chi connectivity index (χ3n) is 2.23. The van der Waals surface area contributed by atoms with Crippen LogP contribution >= 0.6 is 0 Å². The van der Waals surface area contributed by atoms with Crippen LogP contribution in [-0.2, 0) is 4.79 Å². The summed E-state index contributed by atoms with van der Waals surface area (Å²) in [7, 11) is 0. The zero-order chi connectivity index (χ0) is 9.30. The predicted octanol–water partition coefficient (Wildman–Crippen LogP) is -2.77. The van der Waals surface area contributed by atoms with Crippen LogP contribution < -0.4 is 5.11 Å². The molecule has 0 aromatic carbocycles. The maximum Gasteiger partial charge on any atom is 0.106 e. The molecule has 2 unspecified atom stereocenters. The lowest BCUT2D eigenvalue weighted by molar-refractivity contribution is -0.317. The van der Waals surface area contributed by atoms with Crippen LogP contribution in [0.3, 0.4) is 0 Å². The van der Waals surface area contributed by atoms with E-state index in [1.54, 1.807) is 0 Å². The van der Waals surface area contributed by atoms with Crippen molar-refractivity contribution in [3.63, 3.8) is 0 Å². The largest absolute Gasteiger partial charge is 0.550 e. The number of hydrogen-bond donors (Lipinski definition) is 3. The summed E-state index contributed by atoms with van der Waals surface area (Å²) in [5.41, 5.74) is 0. The van der Waals surface area contributed by atoms with Crippen molar-refractivity contribution in [2.24, 2.45) is 5.92 Å². The lowest BCUT2D eigenvalue weighted by Crippen LogP contribution is -2.52. The van der Waals surface area contributed by atoms with Crippen molar-refractivity contribution in [1.82, 2.24) is 0 Å². The van der Waals surface area contributed by atoms with Crippen molar-refractivity contribution in [1.29, 1.82) is 0 Å². The van der Waals surface area contributed by atoms with Gasteiger partial charge in [-0.05, 0) is 12.8 Å². The Hall–Kier alpha value is -0.650. The van der Waals surface area contributed by atoms with E-state index in [-0.39, 0.29) is 12.8 Å². The molecule has 70 valence electrons. The van der Waals surface area contributed by atoms with Gasteiger partial charge in [-0.25, -0.2) is 0 Å². The van der Waals surface area contributed by atoms with Crippen LogP contribution in [0.2, 0.25) is 0 Å². The molecule has 1 fully saturated rings. The fourth-order valence-electron chi connectivity index (χ4n) is 1.41. The number of carboxylic acid groups (broad SMARTS) is 1. The van der Waals surface area contributed by atoms with Gasteiger partial charge in [-0.1, -0.05) is 0 Å². The minimum absolute atomic E-state index is 0.141. The van der Waals surface area contributed by atoms with Crippen molar-refractivity contribution >= 4 is 5.97 Å². The predicted molar refractivity (Wildman–Crippen MR) is 35.8 cm³/mol. The molecule has 4 atom stereocenters. The van der Waals surface area contributed by atoms with Gasteiger partial charge in [0.1, 0.15) is 6.10 Å². The van der Waals surface area contributed by atoms with Crippen LogP contribution in [0.1, 0.15) is 12.8 Å². The first kappa shape index (κ1) is 9.44. The first-order valence-corrected chi connectivity index (χ1v) is 3.79. The molecule has 0 aliphatic heterocycles. The number of carboxylic acids is 1. The summed E-state index contributed by atoms with van der Waals surface area (Å²) in [6.07, 6.45) is -3.51. The summed E-state index contributed by atoms with van der Waals surface area (Å²) < 4.78 is 0. The van der Waals surface area contributed by atoms with E-state index in [2.05, 4.69) is 0 Å². The number of aliphatic hydroxyl groups is 3. The minimum atomic E-state index is -1.42. The van der Waals surface area contributed by atoms with Crippen molar-refractivity contribution in [3.05, 3.63) is 0 Å². The molecule has 0 aromatic rings. The van der Waals surface area contributed by atoms with Gasteiger partial charge in [0, 0.05) is 11.9 Å². The molecule has 1 aliphatic carbocycles. The third kappa shape index (κ3) is 1.57. The topological polar surface area (TPSA) is 101 Å². The molecule has 1 saturated carbocycles. The maximum absolute atomic E-state index is 10.4. The molecule has 12 heavy (non-hydrogen) atoms. The van der Waals surface area contributed by atoms with Gasteiger partial charge in [-0.3, -0.25) is 0 Å². The maximum atomic E-state index is 10.4. The highest BCUT2D eigenvalue weighted by Crippen LogP contribution is 2.24. The average Bonchev–Trinajstić information content (AvgIpc) is 2.00. The van der Waals surface area contributed by atoms with Crippen LogP contribution in [0.25, 0.3) is 0 Å². The summed E-state index contributed by atoms with van der Waals surface area (Å²) in [5, 5.41) is 37.6. The second-order valence-corrected chi connectivity index (χ2v) is 3.05. The monoisotopic (exact) mass is 175 g/mol. The molecular weight excluding hydrogens is 164 g/mol. The molecule has 5 nitrogen and oxygen atoms in total. The summed E-state index contributed by atoms with van der Waals surface area (Å²) >= 11 is 0. The molecule has 5 heteroatoms. The molecular formula is C7H11O5-. The van der Waals surface area contributed by atoms with E-state index in [1.165, 1.54) is 0 Å². The zero-order valence-electron chi connectivity index (χ0n) is 6.38. The summed E-state index contributed by atoms with van der Waals surface area (Å²) in [5.74, 6) is -2.45. The van der Waals surface area contributed by atoms with Gasteiger partial charge in [0.15, 0.2) is 0 Å². The molecule has 0 aromatic heterocycles. The number of rotatable bonds is 1. The zero-order valence-corrected chi connectivity index (χ0v) is 6.38. The molecule has 3 N–H and O–H groups in total. The SMILES string of the molecule is O=C([O-])C1CCC(O)[C@H](O)[C@@H]1O. The van der Waals surface area contributed by atoms with Gasteiger partial charge in [0.2, 0.25) is 0 Å². The first-order valence-electron chi connectivity index (χ1n) is 3.79. The Labute approximate surface area is 69.3 Å². The van der Waals surface area contributed by atoms with Crippen LogP contribution in [0.15, 0.2) is 0 Å². The first-order chi connectivity index (χ1) is 5.54. The number of aliphatic carboxylic acids is 1. The van der Waals surface area contributed by atoms with Crippen LogP contribution in [0.4, 0.5) is 0 Å². The fraction of sp³-hybridized carbons (Fsp3) is 0.857. The second-order valence-electron chi connectivity index (χ2n) is 3.05. The fourth-order valence-corrected chi connectivity index (χ4v) is 1.41. The van der Waals surface area contributed by atoms with Gasteiger partial charge >= 0.3 is 0 Å². The number of hydrogen-bond acceptors (Lipinski definition) is 5. The van der Waals surface area contributed by atoms with E-state index in [9.17, 15) is 9.90 Å². The highest BCUT2D eigenvalue weighted by atomic mass is 16.4. The molecule has 1 aliphatic rings. The van der Waals surface area contributed by atoms with E-state index >= 15 is 0 Å². The smallest absolute Gasteiger partial charge is 0.106 e. The van der Waals surface area contributed by atoms with Crippen molar-refractivity contribution in [3.8, 4) is 0 Å². The van der Waals surface area contributed by atoms with Gasteiger partial charge in [0.25, 0.3) is 0 Å². The summed E-state index contributed by atoms with van der Waals surface area (Å²) in [6.45, 7) is 0. The van der Waals surface area contributed by atoms with Crippen LogP contribution in [-0.4, -0.2) is 39.6 Å². The molecule has 0 spiro atoms. The Bertz CT molecular complexity index is 181. The molecule has 0 heterocycles. The van der Waals surface area contributed by atoms with Gasteiger partial charge in [-0.2, -0.15) is 0 Å². The van der Waals surface area contributed by atoms with E-state index in [0.717, 1.165) is 0 Å². The number of carbonyl (C=O) groups excluding carboxylic acids is 1. The van der Waals surface area contributed by atoms with Crippen molar-refractivity contribution in [2.75, 3.05) is 0 Å². The Morgan fingerprint density at radius 2 is 1.75 bits per heavy atom. The van der Waals surface area contributed by atoms with E-state index in [0.29, 0.717) is 0 Å². The highest BCUT2D eigenvalue weighted by molar-refractivity contribution is 5.68. The Kier molecular flexibility index (Phi) is 2.66. The molecule has 0 bridgehead atoms. The quantitative estimate of drug-likeness (QED) is 0.400. The highest BCUT2D eigenvalue weighted by Gasteiger charge is 2.36.